The van der Waals surface area contributed by atoms with E-state index in [-0.39, 0.29) is 19.0 Å². The molecule has 0 aromatic heterocycles. The van der Waals surface area contributed by atoms with Gasteiger partial charge in [-0.25, -0.2) is 0 Å². The number of aliphatic carboxylic acids is 1. The van der Waals surface area contributed by atoms with Gasteiger partial charge in [0.2, 0.25) is 0 Å². The van der Waals surface area contributed by atoms with E-state index < -0.39 is 11.9 Å². The fourth-order valence-corrected chi connectivity index (χ4v) is 1.32. The number of halogens is 1. The third-order valence-corrected chi connectivity index (χ3v) is 2.27. The molecule has 0 amide bonds. The van der Waals surface area contributed by atoms with Crippen molar-refractivity contribution >= 4 is 18.4 Å². The first-order valence-electron chi connectivity index (χ1n) is 4.73. The van der Waals surface area contributed by atoms with Crippen LogP contribution in [0, 0.1) is 5.92 Å². The zero-order valence-corrected chi connectivity index (χ0v) is 9.87. The van der Waals surface area contributed by atoms with E-state index in [0.29, 0.717) is 6.42 Å². The van der Waals surface area contributed by atoms with Crippen LogP contribution in [0.1, 0.15) is 5.56 Å². The first kappa shape index (κ1) is 14.7. The maximum Gasteiger partial charge on any atom is 0.308 e. The van der Waals surface area contributed by atoms with Crippen LogP contribution in [0.15, 0.2) is 24.3 Å². The second kappa shape index (κ2) is 7.09. The summed E-state index contributed by atoms with van der Waals surface area (Å²) in [5, 5.41) is 8.83. The van der Waals surface area contributed by atoms with Gasteiger partial charge < -0.3 is 15.6 Å². The van der Waals surface area contributed by atoms with E-state index in [2.05, 4.69) is 0 Å². The van der Waals surface area contributed by atoms with Crippen LogP contribution in [0.25, 0.3) is 0 Å². The Labute approximate surface area is 101 Å². The lowest BCUT2D eigenvalue weighted by atomic mass is 10.00. The van der Waals surface area contributed by atoms with Crippen LogP contribution in [0.3, 0.4) is 0 Å². The molecule has 0 unspecified atom stereocenters. The van der Waals surface area contributed by atoms with Crippen LogP contribution in [-0.4, -0.2) is 24.7 Å². The van der Waals surface area contributed by atoms with E-state index in [1.165, 1.54) is 0 Å². The Balaban J connectivity index is 0.00000225. The summed E-state index contributed by atoms with van der Waals surface area (Å²) in [6, 6.07) is 7.32. The van der Waals surface area contributed by atoms with Gasteiger partial charge in [-0.3, -0.25) is 4.79 Å². The van der Waals surface area contributed by atoms with Crippen molar-refractivity contribution in [3.05, 3.63) is 29.8 Å². The number of carboxylic acids is 1. The van der Waals surface area contributed by atoms with Gasteiger partial charge in [-0.05, 0) is 24.1 Å². The van der Waals surface area contributed by atoms with Gasteiger partial charge in [-0.15, -0.1) is 12.4 Å². The molecule has 5 heteroatoms. The van der Waals surface area contributed by atoms with Crippen LogP contribution in [0.4, 0.5) is 0 Å². The number of carboxylic acid groups (broad SMARTS) is 1. The molecule has 90 valence electrons. The predicted molar refractivity (Wildman–Crippen MR) is 64.1 cm³/mol. The molecule has 0 aliphatic carbocycles. The van der Waals surface area contributed by atoms with Crippen LogP contribution in [-0.2, 0) is 11.2 Å². The normalized spacial score (nSPS) is 11.4. The Morgan fingerprint density at radius 1 is 1.44 bits per heavy atom. The molecule has 16 heavy (non-hydrogen) atoms. The molecular formula is C11H16ClNO3. The molecule has 1 aromatic rings. The summed E-state index contributed by atoms with van der Waals surface area (Å²) < 4.78 is 5.01. The average Bonchev–Trinajstić information content (AvgIpc) is 2.26. The molecule has 0 aliphatic rings. The van der Waals surface area contributed by atoms with Gasteiger partial charge in [-0.2, -0.15) is 0 Å². The number of hydrogen-bond acceptors (Lipinski definition) is 3. The minimum Gasteiger partial charge on any atom is -0.497 e. The lowest BCUT2D eigenvalue weighted by Gasteiger charge is -2.09. The van der Waals surface area contributed by atoms with Crippen molar-refractivity contribution < 1.29 is 14.6 Å². The zero-order valence-electron chi connectivity index (χ0n) is 9.05. The van der Waals surface area contributed by atoms with Crippen LogP contribution < -0.4 is 10.5 Å². The van der Waals surface area contributed by atoms with Crippen molar-refractivity contribution in [2.24, 2.45) is 11.7 Å². The Hall–Kier alpha value is -1.26. The highest BCUT2D eigenvalue weighted by Gasteiger charge is 2.15. The van der Waals surface area contributed by atoms with Gasteiger partial charge in [0.05, 0.1) is 13.0 Å². The van der Waals surface area contributed by atoms with Crippen molar-refractivity contribution in [3.8, 4) is 5.75 Å². The topological polar surface area (TPSA) is 72.5 Å². The molecule has 0 fully saturated rings. The molecule has 0 radical (unpaired) electrons. The smallest absolute Gasteiger partial charge is 0.308 e. The lowest BCUT2D eigenvalue weighted by Crippen LogP contribution is -2.25. The van der Waals surface area contributed by atoms with Gasteiger partial charge >= 0.3 is 5.97 Å². The summed E-state index contributed by atoms with van der Waals surface area (Å²) in [4.78, 5) is 10.8. The summed E-state index contributed by atoms with van der Waals surface area (Å²) in [5.41, 5.74) is 6.32. The molecule has 0 bridgehead atoms. The fourth-order valence-electron chi connectivity index (χ4n) is 1.32. The molecule has 0 heterocycles. The van der Waals surface area contributed by atoms with Crippen molar-refractivity contribution in [1.29, 1.82) is 0 Å². The number of methoxy groups -OCH3 is 1. The molecule has 4 nitrogen and oxygen atoms in total. The van der Waals surface area contributed by atoms with Gasteiger partial charge in [-0.1, -0.05) is 12.1 Å². The molecule has 1 atom stereocenters. The summed E-state index contributed by atoms with van der Waals surface area (Å²) >= 11 is 0. The second-order valence-corrected chi connectivity index (χ2v) is 3.32. The predicted octanol–water partition coefficient (Wildman–Crippen LogP) is 1.32. The molecule has 3 N–H and O–H groups in total. The van der Waals surface area contributed by atoms with Crippen LogP contribution in [0.5, 0.6) is 5.75 Å². The maximum absolute atomic E-state index is 10.8. The number of ether oxygens (including phenoxy) is 1. The van der Waals surface area contributed by atoms with Crippen molar-refractivity contribution in [3.63, 3.8) is 0 Å². The maximum atomic E-state index is 10.8. The SMILES string of the molecule is COc1ccc(C[C@@H](CN)C(=O)O)cc1.Cl. The minimum atomic E-state index is -0.853. The largest absolute Gasteiger partial charge is 0.497 e. The molecule has 1 aromatic carbocycles. The summed E-state index contributed by atoms with van der Waals surface area (Å²) in [6.07, 6.45) is 0.454. The van der Waals surface area contributed by atoms with E-state index in [1.54, 1.807) is 7.11 Å². The Kier molecular flexibility index (Phi) is 6.53. The molecule has 1 rings (SSSR count). The Bertz CT molecular complexity index is 327. The quantitative estimate of drug-likeness (QED) is 0.821. The van der Waals surface area contributed by atoms with E-state index >= 15 is 0 Å². The Morgan fingerprint density at radius 3 is 2.38 bits per heavy atom. The van der Waals surface area contributed by atoms with Crippen LogP contribution in [0.2, 0.25) is 0 Å². The fraction of sp³-hybridized carbons (Fsp3) is 0.364. The van der Waals surface area contributed by atoms with E-state index in [0.717, 1.165) is 11.3 Å². The molecule has 0 saturated carbocycles. The van der Waals surface area contributed by atoms with Gasteiger partial charge in [0.1, 0.15) is 5.75 Å². The lowest BCUT2D eigenvalue weighted by molar-refractivity contribution is -0.141. The number of nitrogens with two attached hydrogens (primary N) is 1. The zero-order chi connectivity index (χ0) is 11.3. The standard InChI is InChI=1S/C11H15NO3.ClH/c1-15-10-4-2-8(3-5-10)6-9(7-12)11(13)14;/h2-5,9H,6-7,12H2,1H3,(H,13,14);1H/t9-;/m0./s1. The van der Waals surface area contributed by atoms with Crippen molar-refractivity contribution in [2.75, 3.05) is 13.7 Å². The van der Waals surface area contributed by atoms with E-state index in [9.17, 15) is 4.79 Å². The highest BCUT2D eigenvalue weighted by Crippen LogP contribution is 2.14. The number of carbonyl (C=O) groups is 1. The first-order chi connectivity index (χ1) is 7.17. The summed E-state index contributed by atoms with van der Waals surface area (Å²) in [5.74, 6) is -0.606. The number of hydrogen-bond donors (Lipinski definition) is 2. The summed E-state index contributed by atoms with van der Waals surface area (Å²) in [6.45, 7) is 0.154. The number of benzene rings is 1. The van der Waals surface area contributed by atoms with Gasteiger partial charge in [0.25, 0.3) is 0 Å². The Morgan fingerprint density at radius 2 is 2.00 bits per heavy atom. The van der Waals surface area contributed by atoms with Crippen molar-refractivity contribution in [1.82, 2.24) is 0 Å². The van der Waals surface area contributed by atoms with Crippen LogP contribution >= 0.6 is 12.4 Å². The average molecular weight is 246 g/mol. The highest BCUT2D eigenvalue weighted by molar-refractivity contribution is 5.85. The second-order valence-electron chi connectivity index (χ2n) is 3.32. The summed E-state index contributed by atoms with van der Waals surface area (Å²) in [7, 11) is 1.59. The first-order valence-corrected chi connectivity index (χ1v) is 4.73. The van der Waals surface area contributed by atoms with Gasteiger partial charge in [0, 0.05) is 6.54 Å². The highest BCUT2D eigenvalue weighted by atomic mass is 35.5. The third-order valence-electron chi connectivity index (χ3n) is 2.27. The number of rotatable bonds is 5. The molecular weight excluding hydrogens is 230 g/mol. The monoisotopic (exact) mass is 245 g/mol. The molecule has 0 spiro atoms. The third kappa shape index (κ3) is 4.08. The molecule has 0 aliphatic heterocycles. The van der Waals surface area contributed by atoms with E-state index in [4.69, 9.17) is 15.6 Å². The van der Waals surface area contributed by atoms with Gasteiger partial charge in [0.15, 0.2) is 0 Å². The molecule has 0 saturated heterocycles. The van der Waals surface area contributed by atoms with E-state index in [1.807, 2.05) is 24.3 Å². The van der Waals surface area contributed by atoms with Crippen molar-refractivity contribution in [2.45, 2.75) is 6.42 Å². The minimum absolute atomic E-state index is 0.